The first kappa shape index (κ1) is 14.8. The van der Waals surface area contributed by atoms with E-state index in [-0.39, 0.29) is 12.3 Å². The van der Waals surface area contributed by atoms with Gasteiger partial charge in [-0.05, 0) is 40.2 Å². The lowest BCUT2D eigenvalue weighted by Gasteiger charge is -2.19. The number of nitrogens with zero attached hydrogens (tertiary/aromatic N) is 1. The van der Waals surface area contributed by atoms with Crippen LogP contribution in [0.1, 0.15) is 12.5 Å². The predicted octanol–water partition coefficient (Wildman–Crippen LogP) is 2.07. The van der Waals surface area contributed by atoms with Gasteiger partial charge in [-0.25, -0.2) is 0 Å². The van der Waals surface area contributed by atoms with Gasteiger partial charge >= 0.3 is 5.97 Å². The van der Waals surface area contributed by atoms with E-state index in [1.807, 2.05) is 6.92 Å². The molecule has 0 aromatic heterocycles. The number of likely N-dealkylation sites (N-methyl/N-ethyl adjacent to an activating group) is 1. The summed E-state index contributed by atoms with van der Waals surface area (Å²) >= 11 is 3.24. The van der Waals surface area contributed by atoms with Gasteiger partial charge in [0, 0.05) is 6.54 Å². The monoisotopic (exact) mass is 317 g/mol. The zero-order valence-corrected chi connectivity index (χ0v) is 11.9. The van der Waals surface area contributed by atoms with Crippen LogP contribution in [0.4, 0.5) is 0 Å². The molecule has 0 unspecified atom stereocenters. The fourth-order valence-electron chi connectivity index (χ4n) is 1.60. The van der Waals surface area contributed by atoms with Crippen LogP contribution in [-0.2, 0) is 11.3 Å². The molecular weight excluding hydrogens is 302 g/mol. The first-order valence-corrected chi connectivity index (χ1v) is 6.26. The van der Waals surface area contributed by atoms with Gasteiger partial charge in [0.15, 0.2) is 11.5 Å². The Morgan fingerprint density at radius 2 is 2.17 bits per heavy atom. The number of hydrogen-bond acceptors (Lipinski definition) is 4. The highest BCUT2D eigenvalue weighted by atomic mass is 79.9. The second-order valence-corrected chi connectivity index (χ2v) is 4.68. The zero-order valence-electron chi connectivity index (χ0n) is 10.3. The number of aliphatic carboxylic acids is 1. The van der Waals surface area contributed by atoms with E-state index in [9.17, 15) is 9.90 Å². The quantitative estimate of drug-likeness (QED) is 0.840. The highest BCUT2D eigenvalue weighted by molar-refractivity contribution is 9.10. The molecule has 5 nitrogen and oxygen atoms in total. The molecule has 0 atom stereocenters. The molecular formula is C12H16BrNO4. The number of phenolic OH excluding ortho intramolecular Hbond substituents is 1. The Labute approximate surface area is 114 Å². The number of methoxy groups -OCH3 is 1. The third-order valence-corrected chi connectivity index (χ3v) is 3.12. The van der Waals surface area contributed by atoms with Gasteiger partial charge in [-0.3, -0.25) is 9.69 Å². The molecule has 2 N–H and O–H groups in total. The molecule has 18 heavy (non-hydrogen) atoms. The summed E-state index contributed by atoms with van der Waals surface area (Å²) in [5, 5.41) is 18.5. The maximum atomic E-state index is 10.7. The van der Waals surface area contributed by atoms with Crippen LogP contribution in [0.25, 0.3) is 0 Å². The molecule has 0 heterocycles. The second-order valence-electron chi connectivity index (χ2n) is 3.83. The van der Waals surface area contributed by atoms with Crippen molar-refractivity contribution in [2.24, 2.45) is 0 Å². The van der Waals surface area contributed by atoms with E-state index in [4.69, 9.17) is 9.84 Å². The Kier molecular flexibility index (Phi) is 5.43. The number of aromatic hydroxyl groups is 1. The molecule has 100 valence electrons. The summed E-state index contributed by atoms with van der Waals surface area (Å²) in [7, 11) is 1.47. The highest BCUT2D eigenvalue weighted by Gasteiger charge is 2.12. The molecule has 0 spiro atoms. The largest absolute Gasteiger partial charge is 0.503 e. The highest BCUT2D eigenvalue weighted by Crippen LogP contribution is 2.35. The van der Waals surface area contributed by atoms with Gasteiger partial charge in [0.25, 0.3) is 0 Å². The summed E-state index contributed by atoms with van der Waals surface area (Å²) < 4.78 is 5.58. The fraction of sp³-hybridized carbons (Fsp3) is 0.417. The molecule has 1 aromatic carbocycles. The van der Waals surface area contributed by atoms with Gasteiger partial charge < -0.3 is 14.9 Å². The Morgan fingerprint density at radius 1 is 1.50 bits per heavy atom. The topological polar surface area (TPSA) is 70.0 Å². The lowest BCUT2D eigenvalue weighted by atomic mass is 10.2. The summed E-state index contributed by atoms with van der Waals surface area (Å²) in [5.74, 6) is -0.449. The maximum Gasteiger partial charge on any atom is 0.317 e. The molecule has 0 aliphatic rings. The summed E-state index contributed by atoms with van der Waals surface area (Å²) in [6.45, 7) is 3.00. The van der Waals surface area contributed by atoms with Crippen molar-refractivity contribution in [3.05, 3.63) is 22.2 Å². The van der Waals surface area contributed by atoms with Crippen molar-refractivity contribution in [1.82, 2.24) is 4.90 Å². The van der Waals surface area contributed by atoms with Crippen molar-refractivity contribution in [3.8, 4) is 11.5 Å². The molecule has 0 saturated carbocycles. The van der Waals surface area contributed by atoms with Crippen molar-refractivity contribution in [1.29, 1.82) is 0 Å². The Balaban J connectivity index is 2.89. The minimum Gasteiger partial charge on any atom is -0.503 e. The molecule has 0 aliphatic carbocycles. The van der Waals surface area contributed by atoms with Crippen LogP contribution in [0.5, 0.6) is 11.5 Å². The molecule has 0 amide bonds. The van der Waals surface area contributed by atoms with E-state index in [1.165, 1.54) is 7.11 Å². The van der Waals surface area contributed by atoms with E-state index >= 15 is 0 Å². The average molecular weight is 318 g/mol. The Morgan fingerprint density at radius 3 is 2.67 bits per heavy atom. The molecule has 1 rings (SSSR count). The van der Waals surface area contributed by atoms with E-state index in [0.717, 1.165) is 5.56 Å². The number of rotatable bonds is 6. The average Bonchev–Trinajstić information content (AvgIpc) is 2.32. The van der Waals surface area contributed by atoms with Crippen molar-refractivity contribution in [2.75, 3.05) is 20.2 Å². The van der Waals surface area contributed by atoms with Gasteiger partial charge in [-0.15, -0.1) is 0 Å². The van der Waals surface area contributed by atoms with Crippen LogP contribution in [0.2, 0.25) is 0 Å². The molecule has 0 aliphatic heterocycles. The van der Waals surface area contributed by atoms with Gasteiger partial charge in [-0.2, -0.15) is 0 Å². The summed E-state index contributed by atoms with van der Waals surface area (Å²) in [5.41, 5.74) is 0.875. The number of phenols is 1. The third kappa shape index (κ3) is 3.89. The number of carboxylic acid groups (broad SMARTS) is 1. The molecule has 6 heteroatoms. The van der Waals surface area contributed by atoms with Crippen LogP contribution >= 0.6 is 15.9 Å². The lowest BCUT2D eigenvalue weighted by molar-refractivity contribution is -0.138. The van der Waals surface area contributed by atoms with Gasteiger partial charge in [-0.1, -0.05) is 6.92 Å². The predicted molar refractivity (Wildman–Crippen MR) is 70.9 cm³/mol. The van der Waals surface area contributed by atoms with Gasteiger partial charge in [0.1, 0.15) is 0 Å². The molecule has 0 bridgehead atoms. The first-order valence-electron chi connectivity index (χ1n) is 5.47. The Bertz CT molecular complexity index is 436. The van der Waals surface area contributed by atoms with E-state index < -0.39 is 5.97 Å². The Hall–Kier alpha value is -1.27. The number of ether oxygens (including phenoxy) is 1. The standard InChI is InChI=1S/C12H16BrNO4/c1-3-14(7-11(15)16)6-8-4-9(13)12(17)10(5-8)18-2/h4-5,17H,3,6-7H2,1-2H3,(H,15,16). The fourth-order valence-corrected chi connectivity index (χ4v) is 2.09. The lowest BCUT2D eigenvalue weighted by Crippen LogP contribution is -2.29. The normalized spacial score (nSPS) is 10.7. The molecule has 0 saturated heterocycles. The smallest absolute Gasteiger partial charge is 0.317 e. The van der Waals surface area contributed by atoms with Crippen LogP contribution in [-0.4, -0.2) is 41.3 Å². The third-order valence-electron chi connectivity index (χ3n) is 2.52. The number of carboxylic acids is 1. The molecule has 1 aromatic rings. The molecule has 0 radical (unpaired) electrons. The second kappa shape index (κ2) is 6.61. The number of benzene rings is 1. The van der Waals surface area contributed by atoms with Crippen LogP contribution in [0.3, 0.4) is 0 Å². The summed E-state index contributed by atoms with van der Waals surface area (Å²) in [6.07, 6.45) is 0. The number of hydrogen-bond donors (Lipinski definition) is 2. The molecule has 0 fully saturated rings. The van der Waals surface area contributed by atoms with E-state index in [0.29, 0.717) is 23.3 Å². The SMILES string of the molecule is CCN(CC(=O)O)Cc1cc(Br)c(O)c(OC)c1. The van der Waals surface area contributed by atoms with Crippen molar-refractivity contribution < 1.29 is 19.7 Å². The van der Waals surface area contributed by atoms with Crippen molar-refractivity contribution >= 4 is 21.9 Å². The van der Waals surface area contributed by atoms with Crippen molar-refractivity contribution in [2.45, 2.75) is 13.5 Å². The zero-order chi connectivity index (χ0) is 13.7. The number of halogens is 1. The van der Waals surface area contributed by atoms with Gasteiger partial charge in [0.05, 0.1) is 18.1 Å². The van der Waals surface area contributed by atoms with Crippen LogP contribution in [0, 0.1) is 0 Å². The van der Waals surface area contributed by atoms with E-state index in [1.54, 1.807) is 17.0 Å². The minimum atomic E-state index is -0.860. The van der Waals surface area contributed by atoms with E-state index in [2.05, 4.69) is 15.9 Å². The number of carbonyl (C=O) groups is 1. The van der Waals surface area contributed by atoms with Crippen molar-refractivity contribution in [3.63, 3.8) is 0 Å². The minimum absolute atomic E-state index is 0.0166. The summed E-state index contributed by atoms with van der Waals surface area (Å²) in [6, 6.07) is 3.45. The van der Waals surface area contributed by atoms with Gasteiger partial charge in [0.2, 0.25) is 0 Å². The van der Waals surface area contributed by atoms with Crippen LogP contribution in [0.15, 0.2) is 16.6 Å². The van der Waals surface area contributed by atoms with Crippen LogP contribution < -0.4 is 4.74 Å². The summed E-state index contributed by atoms with van der Waals surface area (Å²) in [4.78, 5) is 12.5. The maximum absolute atomic E-state index is 10.7. The first-order chi connectivity index (χ1) is 8.47.